The maximum absolute atomic E-state index is 2.46. The molecule has 1 aliphatic carbocycles. The first-order valence-corrected chi connectivity index (χ1v) is 18.0. The van der Waals surface area contributed by atoms with Gasteiger partial charge in [0.25, 0.3) is 0 Å². The average Bonchev–Trinajstić information content (AvgIpc) is 3.53. The van der Waals surface area contributed by atoms with Crippen LogP contribution in [-0.2, 0) is 5.41 Å². The van der Waals surface area contributed by atoms with Crippen LogP contribution in [0.3, 0.4) is 0 Å². The fourth-order valence-electron chi connectivity index (χ4n) is 8.81. The summed E-state index contributed by atoms with van der Waals surface area (Å²) in [5.74, 6) is 0. The van der Waals surface area contributed by atoms with Gasteiger partial charge in [-0.1, -0.05) is 188 Å². The summed E-state index contributed by atoms with van der Waals surface area (Å²) in [6.45, 7) is 0. The van der Waals surface area contributed by atoms with Crippen LogP contribution in [0.5, 0.6) is 0 Å². The van der Waals surface area contributed by atoms with Crippen molar-refractivity contribution in [1.29, 1.82) is 0 Å². The molecule has 0 heterocycles. The van der Waals surface area contributed by atoms with Gasteiger partial charge in [0.15, 0.2) is 0 Å². The quantitative estimate of drug-likeness (QED) is 0.160. The molecule has 0 aromatic heterocycles. The Kier molecular flexibility index (Phi) is 7.11. The molecule has 0 N–H and O–H groups in total. The number of hydrogen-bond donors (Lipinski definition) is 0. The summed E-state index contributed by atoms with van der Waals surface area (Å²) in [6.07, 6.45) is 0. The average molecular weight is 662 g/mol. The van der Waals surface area contributed by atoms with Gasteiger partial charge in [0.05, 0.1) is 11.1 Å². The SMILES string of the molecule is c1ccc(-c2c(N(c3ccccc3)c3ccc(C4(c5ccccc5)c5ccccc5-c5ccccc54)cc3)c3ccccc3c3ccccc23)cc1. The Labute approximate surface area is 304 Å². The third kappa shape index (κ3) is 4.49. The van der Waals surface area contributed by atoms with Gasteiger partial charge in [-0.25, -0.2) is 0 Å². The van der Waals surface area contributed by atoms with Crippen LogP contribution in [-0.4, -0.2) is 0 Å². The fraction of sp³-hybridized carbons (Fsp3) is 0.0196. The number of hydrogen-bond acceptors (Lipinski definition) is 1. The van der Waals surface area contributed by atoms with Crippen LogP contribution < -0.4 is 4.90 Å². The van der Waals surface area contributed by atoms with Crippen molar-refractivity contribution in [2.45, 2.75) is 5.41 Å². The van der Waals surface area contributed by atoms with Gasteiger partial charge in [-0.3, -0.25) is 0 Å². The van der Waals surface area contributed by atoms with E-state index >= 15 is 0 Å². The lowest BCUT2D eigenvalue weighted by Crippen LogP contribution is -2.28. The molecule has 0 bridgehead atoms. The fourth-order valence-corrected chi connectivity index (χ4v) is 8.81. The number of anilines is 3. The van der Waals surface area contributed by atoms with Gasteiger partial charge in [0.1, 0.15) is 0 Å². The number of benzene rings is 9. The van der Waals surface area contributed by atoms with Crippen LogP contribution in [0.4, 0.5) is 17.1 Å². The van der Waals surface area contributed by atoms with Crippen LogP contribution in [0, 0.1) is 0 Å². The number of rotatable bonds is 6. The second kappa shape index (κ2) is 12.3. The van der Waals surface area contributed by atoms with Crippen LogP contribution in [0.15, 0.2) is 212 Å². The molecular weight excluding hydrogens is 627 g/mol. The molecule has 1 aliphatic rings. The van der Waals surface area contributed by atoms with E-state index < -0.39 is 5.41 Å². The molecule has 0 spiro atoms. The second-order valence-corrected chi connectivity index (χ2v) is 13.6. The highest BCUT2D eigenvalue weighted by Crippen LogP contribution is 2.56. The summed E-state index contributed by atoms with van der Waals surface area (Å²) in [6, 6.07) is 77.7. The molecule has 244 valence electrons. The molecule has 10 rings (SSSR count). The Morgan fingerprint density at radius 3 is 1.35 bits per heavy atom. The largest absolute Gasteiger partial charge is 0.309 e. The predicted octanol–water partition coefficient (Wildman–Crippen LogP) is 13.5. The summed E-state index contributed by atoms with van der Waals surface area (Å²) in [7, 11) is 0. The predicted molar refractivity (Wildman–Crippen MR) is 219 cm³/mol. The van der Waals surface area contributed by atoms with Gasteiger partial charge in [-0.15, -0.1) is 0 Å². The lowest BCUT2D eigenvalue weighted by Gasteiger charge is -2.35. The van der Waals surface area contributed by atoms with Gasteiger partial charge < -0.3 is 4.90 Å². The van der Waals surface area contributed by atoms with Gasteiger partial charge in [-0.05, 0) is 79.4 Å². The highest BCUT2D eigenvalue weighted by atomic mass is 15.1. The Morgan fingerprint density at radius 2 is 0.731 bits per heavy atom. The molecule has 0 aliphatic heterocycles. The van der Waals surface area contributed by atoms with Crippen molar-refractivity contribution in [2.75, 3.05) is 4.90 Å². The van der Waals surface area contributed by atoms with Gasteiger partial charge in [0, 0.05) is 22.3 Å². The van der Waals surface area contributed by atoms with Crippen molar-refractivity contribution in [3.8, 4) is 22.3 Å². The van der Waals surface area contributed by atoms with E-state index in [9.17, 15) is 0 Å². The van der Waals surface area contributed by atoms with E-state index in [1.54, 1.807) is 0 Å². The highest BCUT2D eigenvalue weighted by Gasteiger charge is 2.45. The Balaban J connectivity index is 1.26. The zero-order valence-electron chi connectivity index (χ0n) is 28.7. The number of para-hydroxylation sites is 1. The van der Waals surface area contributed by atoms with Crippen molar-refractivity contribution in [2.24, 2.45) is 0 Å². The molecule has 9 aromatic carbocycles. The smallest absolute Gasteiger partial charge is 0.0713 e. The van der Waals surface area contributed by atoms with E-state index in [1.807, 2.05) is 0 Å². The molecule has 0 atom stereocenters. The first-order chi connectivity index (χ1) is 25.8. The monoisotopic (exact) mass is 661 g/mol. The lowest BCUT2D eigenvalue weighted by molar-refractivity contribution is 0.768. The first-order valence-electron chi connectivity index (χ1n) is 18.0. The molecule has 1 nitrogen and oxygen atoms in total. The third-order valence-corrected chi connectivity index (χ3v) is 10.9. The second-order valence-electron chi connectivity index (χ2n) is 13.6. The maximum Gasteiger partial charge on any atom is 0.0713 e. The molecule has 0 amide bonds. The Hall–Kier alpha value is -6.70. The van der Waals surface area contributed by atoms with Crippen molar-refractivity contribution < 1.29 is 0 Å². The molecule has 0 unspecified atom stereocenters. The van der Waals surface area contributed by atoms with Crippen molar-refractivity contribution in [3.05, 3.63) is 235 Å². The van der Waals surface area contributed by atoms with Gasteiger partial charge in [-0.2, -0.15) is 0 Å². The Bertz CT molecular complexity index is 2670. The van der Waals surface area contributed by atoms with E-state index in [4.69, 9.17) is 0 Å². The minimum Gasteiger partial charge on any atom is -0.309 e. The van der Waals surface area contributed by atoms with E-state index in [2.05, 4.69) is 217 Å². The maximum atomic E-state index is 2.46. The van der Waals surface area contributed by atoms with Crippen molar-refractivity contribution >= 4 is 38.6 Å². The Morgan fingerprint density at radius 1 is 0.308 bits per heavy atom. The van der Waals surface area contributed by atoms with Crippen LogP contribution >= 0.6 is 0 Å². The van der Waals surface area contributed by atoms with Crippen LogP contribution in [0.2, 0.25) is 0 Å². The molecular formula is C51H35N. The molecule has 0 saturated carbocycles. The molecule has 9 aromatic rings. The van der Waals surface area contributed by atoms with Crippen LogP contribution in [0.25, 0.3) is 43.8 Å². The van der Waals surface area contributed by atoms with E-state index in [0.29, 0.717) is 0 Å². The molecule has 0 saturated heterocycles. The number of fused-ring (bicyclic) bond motifs is 6. The van der Waals surface area contributed by atoms with Crippen LogP contribution in [0.1, 0.15) is 22.3 Å². The molecule has 52 heavy (non-hydrogen) atoms. The third-order valence-electron chi connectivity index (χ3n) is 10.9. The normalized spacial score (nSPS) is 12.8. The van der Waals surface area contributed by atoms with E-state index in [0.717, 1.165) is 11.4 Å². The molecule has 0 fully saturated rings. The zero-order valence-corrected chi connectivity index (χ0v) is 28.7. The van der Waals surface area contributed by atoms with Gasteiger partial charge >= 0.3 is 0 Å². The van der Waals surface area contributed by atoms with E-state index in [1.165, 1.54) is 71.7 Å². The summed E-state index contributed by atoms with van der Waals surface area (Å²) in [4.78, 5) is 2.46. The zero-order chi connectivity index (χ0) is 34.5. The van der Waals surface area contributed by atoms with Crippen molar-refractivity contribution in [1.82, 2.24) is 0 Å². The standard InChI is InChI=1S/C51H35N/c1-4-18-36(19-5-1)49-45-28-12-10-24-41(45)42-25-11-13-29-46(42)50(49)52(39-22-8-3-9-23-39)40-34-32-38(33-35-40)51(37-20-6-2-7-21-37)47-30-16-14-26-43(47)44-27-15-17-31-48(44)51/h1-35H. The first kappa shape index (κ1) is 30.2. The highest BCUT2D eigenvalue weighted by molar-refractivity contribution is 6.22. The van der Waals surface area contributed by atoms with E-state index in [-0.39, 0.29) is 0 Å². The van der Waals surface area contributed by atoms with Gasteiger partial charge in [0.2, 0.25) is 0 Å². The summed E-state index contributed by atoms with van der Waals surface area (Å²) in [5, 5.41) is 4.95. The number of nitrogens with zero attached hydrogens (tertiary/aromatic N) is 1. The van der Waals surface area contributed by atoms with Crippen molar-refractivity contribution in [3.63, 3.8) is 0 Å². The minimum atomic E-state index is -0.449. The summed E-state index contributed by atoms with van der Waals surface area (Å²) in [5.41, 5.74) is 13.1. The molecule has 0 radical (unpaired) electrons. The topological polar surface area (TPSA) is 3.24 Å². The summed E-state index contributed by atoms with van der Waals surface area (Å²) < 4.78 is 0. The minimum absolute atomic E-state index is 0.449. The lowest BCUT2D eigenvalue weighted by atomic mass is 9.68. The summed E-state index contributed by atoms with van der Waals surface area (Å²) >= 11 is 0. The molecule has 1 heteroatoms.